The number of carboxylic acids is 1. The van der Waals surface area contributed by atoms with Gasteiger partial charge in [0.1, 0.15) is 11.9 Å². The van der Waals surface area contributed by atoms with E-state index in [0.717, 1.165) is 29.7 Å². The molecule has 4 rings (SSSR count). The van der Waals surface area contributed by atoms with Crippen LogP contribution in [0.25, 0.3) is 0 Å². The second-order valence-corrected chi connectivity index (χ2v) is 5.00. The van der Waals surface area contributed by atoms with E-state index < -0.39 is 5.97 Å². The number of aliphatic carboxylic acids is 1. The normalized spacial score (nSPS) is 29.9. The maximum Gasteiger partial charge on any atom is 0.304 e. The Morgan fingerprint density at radius 2 is 2.31 bits per heavy atom. The van der Waals surface area contributed by atoms with Crippen LogP contribution in [0, 0.1) is 6.92 Å². The molecular formula is C13H14O3. The third-order valence-electron chi connectivity index (χ3n) is 3.73. The van der Waals surface area contributed by atoms with Gasteiger partial charge in [-0.2, -0.15) is 0 Å². The Hall–Kier alpha value is -1.51. The van der Waals surface area contributed by atoms with Gasteiger partial charge in [-0.25, -0.2) is 0 Å². The van der Waals surface area contributed by atoms with Crippen molar-refractivity contribution in [2.45, 2.75) is 37.7 Å². The highest BCUT2D eigenvalue weighted by atomic mass is 16.5. The molecule has 0 saturated heterocycles. The number of hydrogen-bond acceptors (Lipinski definition) is 2. The van der Waals surface area contributed by atoms with Crippen LogP contribution in [0.1, 0.15) is 30.4 Å². The standard InChI is InChI=1S/C13H14O3/c1-8-2-3-10-11(4-8)16-9-5-13(10,6-9)7-12(14)15/h2-4,9H,5-7H2,1H3,(H,14,15). The predicted molar refractivity (Wildman–Crippen MR) is 58.8 cm³/mol. The van der Waals surface area contributed by atoms with Crippen LogP contribution in [-0.2, 0) is 10.2 Å². The van der Waals surface area contributed by atoms with Crippen LogP contribution in [0.4, 0.5) is 0 Å². The first-order chi connectivity index (χ1) is 7.59. The fourth-order valence-corrected chi connectivity index (χ4v) is 2.99. The fourth-order valence-electron chi connectivity index (χ4n) is 2.99. The molecule has 2 bridgehead atoms. The van der Waals surface area contributed by atoms with Crippen LogP contribution in [0.15, 0.2) is 18.2 Å². The first kappa shape index (κ1) is 9.70. The summed E-state index contributed by atoms with van der Waals surface area (Å²) >= 11 is 0. The van der Waals surface area contributed by atoms with Crippen molar-refractivity contribution in [2.75, 3.05) is 0 Å². The quantitative estimate of drug-likeness (QED) is 0.828. The largest absolute Gasteiger partial charge is 0.490 e. The zero-order chi connectivity index (χ0) is 11.3. The molecule has 1 aromatic carbocycles. The lowest BCUT2D eigenvalue weighted by Gasteiger charge is -2.52. The Morgan fingerprint density at radius 3 is 3.00 bits per heavy atom. The molecule has 0 radical (unpaired) electrons. The van der Waals surface area contributed by atoms with E-state index in [2.05, 4.69) is 0 Å². The van der Waals surface area contributed by atoms with E-state index in [4.69, 9.17) is 9.84 Å². The lowest BCUT2D eigenvalue weighted by molar-refractivity contribution is -0.141. The summed E-state index contributed by atoms with van der Waals surface area (Å²) in [6.07, 6.45) is 2.17. The third-order valence-corrected chi connectivity index (χ3v) is 3.73. The van der Waals surface area contributed by atoms with Crippen LogP contribution < -0.4 is 4.74 Å². The van der Waals surface area contributed by atoms with E-state index in [9.17, 15) is 4.79 Å². The number of ether oxygens (including phenoxy) is 1. The molecule has 1 aliphatic carbocycles. The maximum atomic E-state index is 10.9. The van der Waals surface area contributed by atoms with Crippen LogP contribution in [0.5, 0.6) is 5.75 Å². The number of benzene rings is 1. The molecule has 84 valence electrons. The summed E-state index contributed by atoms with van der Waals surface area (Å²) in [4.78, 5) is 10.9. The molecular weight excluding hydrogens is 204 g/mol. The van der Waals surface area contributed by atoms with Gasteiger partial charge in [-0.15, -0.1) is 0 Å². The van der Waals surface area contributed by atoms with Crippen LogP contribution in [-0.4, -0.2) is 17.2 Å². The van der Waals surface area contributed by atoms with Gasteiger partial charge < -0.3 is 9.84 Å². The highest BCUT2D eigenvalue weighted by Crippen LogP contribution is 2.55. The predicted octanol–water partition coefficient (Wildman–Crippen LogP) is 2.26. The van der Waals surface area contributed by atoms with E-state index in [1.165, 1.54) is 0 Å². The minimum atomic E-state index is -0.716. The number of hydrogen-bond donors (Lipinski definition) is 1. The summed E-state index contributed by atoms with van der Waals surface area (Å²) in [5, 5.41) is 8.99. The van der Waals surface area contributed by atoms with Gasteiger partial charge in [0.2, 0.25) is 0 Å². The Labute approximate surface area is 94.0 Å². The Balaban J connectivity index is 2.05. The molecule has 1 aromatic rings. The molecule has 0 spiro atoms. The highest BCUT2D eigenvalue weighted by molar-refractivity contribution is 5.70. The summed E-state index contributed by atoms with van der Waals surface area (Å²) in [5.41, 5.74) is 2.09. The number of carboxylic acid groups (broad SMARTS) is 1. The summed E-state index contributed by atoms with van der Waals surface area (Å²) in [6.45, 7) is 2.02. The van der Waals surface area contributed by atoms with E-state index in [1.807, 2.05) is 25.1 Å². The van der Waals surface area contributed by atoms with Gasteiger partial charge >= 0.3 is 5.97 Å². The molecule has 0 atom stereocenters. The number of rotatable bonds is 2. The molecule has 0 unspecified atom stereocenters. The molecule has 1 fully saturated rings. The van der Waals surface area contributed by atoms with Crippen molar-refractivity contribution in [1.82, 2.24) is 0 Å². The molecule has 3 aliphatic rings. The second-order valence-electron chi connectivity index (χ2n) is 5.00. The van der Waals surface area contributed by atoms with Crippen molar-refractivity contribution in [2.24, 2.45) is 0 Å². The molecule has 16 heavy (non-hydrogen) atoms. The van der Waals surface area contributed by atoms with Crippen molar-refractivity contribution in [1.29, 1.82) is 0 Å². The minimum absolute atomic E-state index is 0.155. The molecule has 3 nitrogen and oxygen atoms in total. The zero-order valence-corrected chi connectivity index (χ0v) is 9.19. The second kappa shape index (κ2) is 3.00. The Kier molecular flexibility index (Phi) is 1.82. The number of aryl methyl sites for hydroxylation is 1. The van der Waals surface area contributed by atoms with Crippen molar-refractivity contribution in [3.05, 3.63) is 29.3 Å². The summed E-state index contributed by atoms with van der Waals surface area (Å²) < 4.78 is 5.79. The van der Waals surface area contributed by atoms with Crippen LogP contribution >= 0.6 is 0 Å². The summed E-state index contributed by atoms with van der Waals surface area (Å²) in [7, 11) is 0. The van der Waals surface area contributed by atoms with Gasteiger partial charge in [0.25, 0.3) is 0 Å². The van der Waals surface area contributed by atoms with Gasteiger partial charge in [-0.05, 0) is 31.4 Å². The smallest absolute Gasteiger partial charge is 0.304 e. The summed E-state index contributed by atoms with van der Waals surface area (Å²) in [5.74, 6) is 0.177. The first-order valence-corrected chi connectivity index (χ1v) is 5.59. The maximum absolute atomic E-state index is 10.9. The highest BCUT2D eigenvalue weighted by Gasteiger charge is 2.53. The average molecular weight is 218 g/mol. The lowest BCUT2D eigenvalue weighted by atomic mass is 9.59. The van der Waals surface area contributed by atoms with Gasteiger partial charge in [0, 0.05) is 11.0 Å². The van der Waals surface area contributed by atoms with Crippen LogP contribution in [0.3, 0.4) is 0 Å². The number of carbonyl (C=O) groups is 1. The van der Waals surface area contributed by atoms with E-state index in [1.54, 1.807) is 0 Å². The van der Waals surface area contributed by atoms with E-state index >= 15 is 0 Å². The van der Waals surface area contributed by atoms with E-state index in [0.29, 0.717) is 0 Å². The molecule has 2 heterocycles. The first-order valence-electron chi connectivity index (χ1n) is 5.59. The van der Waals surface area contributed by atoms with Gasteiger partial charge in [0.15, 0.2) is 0 Å². The minimum Gasteiger partial charge on any atom is -0.490 e. The van der Waals surface area contributed by atoms with Crippen molar-refractivity contribution in [3.8, 4) is 5.75 Å². The van der Waals surface area contributed by atoms with Gasteiger partial charge in [-0.1, -0.05) is 12.1 Å². The third kappa shape index (κ3) is 1.24. The lowest BCUT2D eigenvalue weighted by Crippen LogP contribution is -2.52. The molecule has 0 amide bonds. The summed E-state index contributed by atoms with van der Waals surface area (Å²) in [6, 6.07) is 6.07. The Morgan fingerprint density at radius 1 is 1.56 bits per heavy atom. The monoisotopic (exact) mass is 218 g/mol. The molecule has 3 heteroatoms. The van der Waals surface area contributed by atoms with Crippen molar-refractivity contribution >= 4 is 5.97 Å². The fraction of sp³-hybridized carbons (Fsp3) is 0.462. The SMILES string of the molecule is Cc1ccc2c(c1)OC1CC2(CC(=O)O)C1. The molecule has 1 N–H and O–H groups in total. The van der Waals surface area contributed by atoms with E-state index in [-0.39, 0.29) is 17.9 Å². The van der Waals surface area contributed by atoms with Gasteiger partial charge in [-0.3, -0.25) is 4.79 Å². The topological polar surface area (TPSA) is 46.5 Å². The van der Waals surface area contributed by atoms with Crippen LogP contribution in [0.2, 0.25) is 0 Å². The zero-order valence-electron chi connectivity index (χ0n) is 9.19. The molecule has 2 aliphatic heterocycles. The van der Waals surface area contributed by atoms with Crippen molar-refractivity contribution in [3.63, 3.8) is 0 Å². The Bertz CT molecular complexity index is 458. The van der Waals surface area contributed by atoms with Crippen molar-refractivity contribution < 1.29 is 14.6 Å². The molecule has 0 aromatic heterocycles. The molecule has 1 saturated carbocycles. The van der Waals surface area contributed by atoms with Gasteiger partial charge in [0.05, 0.1) is 6.42 Å². The average Bonchev–Trinajstić information content (AvgIpc) is 2.13.